The van der Waals surface area contributed by atoms with Crippen LogP contribution in [0.4, 0.5) is 0 Å². The Bertz CT molecular complexity index is 1290. The van der Waals surface area contributed by atoms with Crippen molar-refractivity contribution in [2.75, 3.05) is 39.6 Å². The van der Waals surface area contributed by atoms with Crippen molar-refractivity contribution in [1.29, 1.82) is 0 Å². The summed E-state index contributed by atoms with van der Waals surface area (Å²) < 4.78 is 44.6. The predicted octanol–water partition coefficient (Wildman–Crippen LogP) is 0.410. The maximum absolute atomic E-state index is 10.8. The van der Waals surface area contributed by atoms with Crippen molar-refractivity contribution < 1.29 is 109 Å². The summed E-state index contributed by atoms with van der Waals surface area (Å²) in [6.45, 7) is -1.94. The number of hydrogen-bond acceptors (Lipinski definition) is 22. The van der Waals surface area contributed by atoms with Crippen LogP contribution in [0.3, 0.4) is 0 Å². The zero-order valence-electron chi connectivity index (χ0n) is 43.7. The molecule has 0 aromatic rings. The first-order chi connectivity index (χ1) is 35.8. The average molecular weight is 1080 g/mol. The van der Waals surface area contributed by atoms with Crippen LogP contribution >= 0.6 is 0 Å². The Labute approximate surface area is 437 Å². The third-order valence-electron chi connectivity index (χ3n) is 15.0. The lowest BCUT2D eigenvalue weighted by molar-refractivity contribution is -0.359. The van der Waals surface area contributed by atoms with Crippen LogP contribution < -0.4 is 0 Å². The van der Waals surface area contributed by atoms with Gasteiger partial charge in [-0.1, -0.05) is 154 Å². The number of aliphatic hydroxyl groups excluding tert-OH is 14. The fraction of sp³-hybridized carbons (Fsp3) is 1.00. The van der Waals surface area contributed by atoms with E-state index in [0.717, 1.165) is 51.4 Å². The number of rotatable bonds is 39. The third kappa shape index (κ3) is 21.3. The molecule has 4 rings (SSSR count). The fourth-order valence-corrected chi connectivity index (χ4v) is 10.2. The smallest absolute Gasteiger partial charge is 0.187 e. The number of unbranched alkanes of at least 4 members (excludes halogenated alkanes) is 25. The van der Waals surface area contributed by atoms with Gasteiger partial charge in [-0.3, -0.25) is 0 Å². The largest absolute Gasteiger partial charge is 0.394 e. The van der Waals surface area contributed by atoms with Crippen molar-refractivity contribution in [1.82, 2.24) is 0 Å². The summed E-state index contributed by atoms with van der Waals surface area (Å²) in [6, 6.07) is 0. The van der Waals surface area contributed by atoms with E-state index in [2.05, 4.69) is 0 Å². The molecular formula is C52H98O22. The quantitative estimate of drug-likeness (QED) is 0.0371. The van der Waals surface area contributed by atoms with Gasteiger partial charge < -0.3 is 109 Å². The number of aliphatic hydroxyl groups is 14. The predicted molar refractivity (Wildman–Crippen MR) is 265 cm³/mol. The molecule has 0 saturated carbocycles. The minimum atomic E-state index is -1.72. The van der Waals surface area contributed by atoms with Crippen LogP contribution in [0.15, 0.2) is 0 Å². The van der Waals surface area contributed by atoms with Gasteiger partial charge in [0.2, 0.25) is 0 Å². The van der Waals surface area contributed by atoms with Gasteiger partial charge in [-0.2, -0.15) is 0 Å². The lowest BCUT2D eigenvalue weighted by Gasteiger charge is -2.45. The summed E-state index contributed by atoms with van der Waals surface area (Å²) in [5.41, 5.74) is 0. The Balaban J connectivity index is 0.854. The first-order valence-electron chi connectivity index (χ1n) is 28.2. The highest BCUT2D eigenvalue weighted by atomic mass is 16.8. The monoisotopic (exact) mass is 1070 g/mol. The molecule has 0 aromatic carbocycles. The molecule has 4 fully saturated rings. The van der Waals surface area contributed by atoms with Crippen molar-refractivity contribution in [3.05, 3.63) is 0 Å². The standard InChI is InChI=1S/C52H98O22/c53-29-33-37(57)39(59)43(63)51(69-33)73-47-35(31-55)71-49(45(65)41(47)61)67-27-25-23-21-19-17-15-13-11-9-7-5-3-1-2-4-6-8-10-12-14-16-18-20-22-24-26-28-68-50-46(66)42(62)48(36(32-56)72-50)74-52-44(64)40(60)38(58)34(30-54)70-52/h33-66H,1-32H2/t33?,34?,35?,36?,37-,38+,39+,40?,41-,42?,43?,44-,45?,46-,47-,48+,49-,50?,51-,52?/m1/s1. The molecule has 438 valence electrons. The molecule has 0 radical (unpaired) electrons. The second kappa shape index (κ2) is 37.1. The molecule has 0 amide bonds. The maximum Gasteiger partial charge on any atom is 0.187 e. The van der Waals surface area contributed by atoms with Crippen LogP contribution in [0.2, 0.25) is 0 Å². The van der Waals surface area contributed by atoms with Crippen LogP contribution in [-0.2, 0) is 37.9 Å². The molecule has 10 unspecified atom stereocenters. The molecular weight excluding hydrogens is 977 g/mol. The zero-order chi connectivity index (χ0) is 53.8. The number of hydrogen-bond donors (Lipinski definition) is 14. The van der Waals surface area contributed by atoms with E-state index in [-0.39, 0.29) is 0 Å². The zero-order valence-corrected chi connectivity index (χ0v) is 43.7. The minimum Gasteiger partial charge on any atom is -0.394 e. The van der Waals surface area contributed by atoms with Gasteiger partial charge in [0, 0.05) is 13.2 Å². The molecule has 0 aliphatic carbocycles. The van der Waals surface area contributed by atoms with Crippen molar-refractivity contribution in [2.45, 2.75) is 290 Å². The van der Waals surface area contributed by atoms with E-state index in [1.165, 1.54) is 116 Å². The minimum absolute atomic E-state index is 0.293. The van der Waals surface area contributed by atoms with E-state index in [0.29, 0.717) is 13.2 Å². The molecule has 20 atom stereocenters. The first-order valence-corrected chi connectivity index (χ1v) is 28.2. The van der Waals surface area contributed by atoms with E-state index in [1.54, 1.807) is 0 Å². The molecule has 0 spiro atoms. The highest BCUT2D eigenvalue weighted by Crippen LogP contribution is 2.32. The van der Waals surface area contributed by atoms with Gasteiger partial charge in [0.25, 0.3) is 0 Å². The summed E-state index contributed by atoms with van der Waals surface area (Å²) in [6.07, 6.45) is 1.81. The van der Waals surface area contributed by atoms with Gasteiger partial charge in [0.1, 0.15) is 97.7 Å². The normalized spacial score (nSPS) is 36.9. The Morgan fingerprint density at radius 3 is 0.689 bits per heavy atom. The van der Waals surface area contributed by atoms with Crippen molar-refractivity contribution >= 4 is 0 Å². The molecule has 4 aliphatic rings. The van der Waals surface area contributed by atoms with Crippen LogP contribution in [0.1, 0.15) is 167 Å². The van der Waals surface area contributed by atoms with Crippen LogP contribution in [0.25, 0.3) is 0 Å². The molecule has 0 bridgehead atoms. The SMILES string of the molecule is OCC1OC(O[C@H]2C(CO)OC(OCCCCCCCCCCCCCCCCCCCCCCCCCCCCO[C@@H]3OC(CO)[C@@H](O[C@H]4OC(CO)[C@@H](O)[C@H](O)C4O)[C@H](O)C3O)[C@H](O)C2O)[C@H](O)C(O)[C@H]1O. The van der Waals surface area contributed by atoms with Crippen molar-refractivity contribution in [2.24, 2.45) is 0 Å². The summed E-state index contributed by atoms with van der Waals surface area (Å²) in [5, 5.41) is 142. The Hall–Kier alpha value is -0.880. The van der Waals surface area contributed by atoms with E-state index in [4.69, 9.17) is 37.9 Å². The van der Waals surface area contributed by atoms with E-state index in [1.807, 2.05) is 0 Å². The first kappa shape index (κ1) is 65.6. The highest BCUT2D eigenvalue weighted by molar-refractivity contribution is 4.96. The molecule has 74 heavy (non-hydrogen) atoms. The van der Waals surface area contributed by atoms with E-state index >= 15 is 0 Å². The van der Waals surface area contributed by atoms with Crippen LogP contribution in [0.5, 0.6) is 0 Å². The fourth-order valence-electron chi connectivity index (χ4n) is 10.2. The van der Waals surface area contributed by atoms with Gasteiger partial charge in [0.05, 0.1) is 26.4 Å². The Morgan fingerprint density at radius 1 is 0.230 bits per heavy atom. The van der Waals surface area contributed by atoms with Crippen LogP contribution in [-0.4, -0.2) is 234 Å². The average Bonchev–Trinajstić information content (AvgIpc) is 3.40. The van der Waals surface area contributed by atoms with E-state index < -0.39 is 149 Å². The van der Waals surface area contributed by atoms with Gasteiger partial charge in [0.15, 0.2) is 25.2 Å². The second-order valence-corrected chi connectivity index (χ2v) is 20.9. The molecule has 4 heterocycles. The van der Waals surface area contributed by atoms with Crippen molar-refractivity contribution in [3.8, 4) is 0 Å². The third-order valence-corrected chi connectivity index (χ3v) is 15.0. The van der Waals surface area contributed by atoms with Crippen molar-refractivity contribution in [3.63, 3.8) is 0 Å². The Morgan fingerprint density at radius 2 is 0.446 bits per heavy atom. The van der Waals surface area contributed by atoms with Gasteiger partial charge in [-0.05, 0) is 12.8 Å². The second-order valence-electron chi connectivity index (χ2n) is 20.9. The Kier molecular flexibility index (Phi) is 32.9. The molecule has 4 saturated heterocycles. The maximum atomic E-state index is 10.8. The molecule has 4 aliphatic heterocycles. The molecule has 0 aromatic heterocycles. The summed E-state index contributed by atoms with van der Waals surface area (Å²) >= 11 is 0. The summed E-state index contributed by atoms with van der Waals surface area (Å²) in [5.74, 6) is 0. The van der Waals surface area contributed by atoms with Gasteiger partial charge >= 0.3 is 0 Å². The van der Waals surface area contributed by atoms with E-state index in [9.17, 15) is 71.5 Å². The lowest BCUT2D eigenvalue weighted by atomic mass is 9.97. The topological polar surface area (TPSA) is 357 Å². The number of ether oxygens (including phenoxy) is 8. The lowest BCUT2D eigenvalue weighted by Crippen LogP contribution is -2.64. The summed E-state index contributed by atoms with van der Waals surface area (Å²) in [4.78, 5) is 0. The van der Waals surface area contributed by atoms with Gasteiger partial charge in [-0.25, -0.2) is 0 Å². The summed E-state index contributed by atoms with van der Waals surface area (Å²) in [7, 11) is 0. The molecule has 22 nitrogen and oxygen atoms in total. The van der Waals surface area contributed by atoms with Crippen LogP contribution in [0, 0.1) is 0 Å². The highest BCUT2D eigenvalue weighted by Gasteiger charge is 2.52. The molecule has 14 N–H and O–H groups in total. The van der Waals surface area contributed by atoms with Gasteiger partial charge in [-0.15, -0.1) is 0 Å². The molecule has 22 heteroatoms.